The van der Waals surface area contributed by atoms with Gasteiger partial charge in [-0.25, -0.2) is 14.8 Å². The first-order chi connectivity index (χ1) is 14.7. The van der Waals surface area contributed by atoms with E-state index in [0.29, 0.717) is 25.6 Å². The Balaban J connectivity index is 1.41. The molecule has 9 heteroatoms. The highest BCUT2D eigenvalue weighted by atomic mass is 16.7. The summed E-state index contributed by atoms with van der Waals surface area (Å²) in [4.78, 5) is 30.1. The molecule has 2 aliphatic rings. The number of nitrogens with zero attached hydrogens (tertiary/aromatic N) is 5. The minimum Gasteiger partial charge on any atom is -0.381 e. The molecular formula is C21H24N6O3. The molecule has 4 heterocycles. The maximum Gasteiger partial charge on any atom is 0.436 e. The fourth-order valence-electron chi connectivity index (χ4n) is 4.28. The molecule has 5 rings (SSSR count). The first-order valence-electron chi connectivity index (χ1n) is 10.2. The van der Waals surface area contributed by atoms with Gasteiger partial charge >= 0.3 is 6.09 Å². The van der Waals surface area contributed by atoms with E-state index < -0.39 is 6.09 Å². The van der Waals surface area contributed by atoms with Gasteiger partial charge in [-0.05, 0) is 42.7 Å². The summed E-state index contributed by atoms with van der Waals surface area (Å²) in [5.74, 6) is 0.365. The molecule has 3 aromatic rings. The van der Waals surface area contributed by atoms with E-state index in [2.05, 4.69) is 39.4 Å². The van der Waals surface area contributed by atoms with Crippen molar-refractivity contribution in [3.05, 3.63) is 53.7 Å². The topological polar surface area (TPSA) is 94.4 Å². The second kappa shape index (κ2) is 8.00. The van der Waals surface area contributed by atoms with Crippen molar-refractivity contribution in [3.63, 3.8) is 0 Å². The fourth-order valence-corrected chi connectivity index (χ4v) is 4.28. The lowest BCUT2D eigenvalue weighted by Gasteiger charge is -2.34. The Kier molecular flexibility index (Phi) is 5.06. The van der Waals surface area contributed by atoms with E-state index in [9.17, 15) is 4.79 Å². The number of carbonyl (C=O) groups excluding carboxylic acids is 1. The number of nitrogens with one attached hydrogen (secondary N) is 1. The minimum absolute atomic E-state index is 0.218. The van der Waals surface area contributed by atoms with Gasteiger partial charge in [-0.2, -0.15) is 0 Å². The standard InChI is InChI=1S/C21H24N6O3/c1-14-8-16-10-25-27(19(16)9-17(14)15-3-7-29-12-15)30-21(28)26-6-5-22-11-20(26)18-2-4-23-13-24-18/h2,4,8-10,13,15,20,22H,3,5-7,11-12H2,1H3. The summed E-state index contributed by atoms with van der Waals surface area (Å²) in [6.07, 6.45) is 5.45. The molecule has 1 aromatic carbocycles. The molecule has 2 aliphatic heterocycles. The van der Waals surface area contributed by atoms with E-state index in [-0.39, 0.29) is 6.04 Å². The number of benzene rings is 1. The van der Waals surface area contributed by atoms with Gasteiger partial charge in [0.2, 0.25) is 0 Å². The van der Waals surface area contributed by atoms with Crippen molar-refractivity contribution < 1.29 is 14.4 Å². The summed E-state index contributed by atoms with van der Waals surface area (Å²) >= 11 is 0. The van der Waals surface area contributed by atoms with Crippen LogP contribution in [0.4, 0.5) is 4.79 Å². The lowest BCUT2D eigenvalue weighted by atomic mass is 9.93. The Morgan fingerprint density at radius 2 is 2.30 bits per heavy atom. The van der Waals surface area contributed by atoms with Crippen LogP contribution in [0.3, 0.4) is 0 Å². The summed E-state index contributed by atoms with van der Waals surface area (Å²) in [5.41, 5.74) is 3.98. The van der Waals surface area contributed by atoms with E-state index in [0.717, 1.165) is 36.2 Å². The van der Waals surface area contributed by atoms with Crippen molar-refractivity contribution in [2.24, 2.45) is 0 Å². The zero-order valence-corrected chi connectivity index (χ0v) is 16.8. The van der Waals surface area contributed by atoms with Crippen LogP contribution in [0.15, 0.2) is 36.9 Å². The Hall–Kier alpha value is -3.04. The van der Waals surface area contributed by atoms with Crippen LogP contribution < -0.4 is 10.2 Å². The highest BCUT2D eigenvalue weighted by molar-refractivity contribution is 5.81. The van der Waals surface area contributed by atoms with Crippen molar-refractivity contribution >= 4 is 17.0 Å². The molecule has 2 aromatic heterocycles. The molecule has 1 N–H and O–H groups in total. The van der Waals surface area contributed by atoms with Crippen LogP contribution in [0.2, 0.25) is 0 Å². The SMILES string of the molecule is Cc1cc2cnn(OC(=O)N3CCNCC3c3ccncn3)c2cc1C1CCOC1. The normalized spacial score (nSPS) is 21.8. The van der Waals surface area contributed by atoms with E-state index >= 15 is 0 Å². The van der Waals surface area contributed by atoms with Gasteiger partial charge in [-0.3, -0.25) is 9.74 Å². The molecule has 30 heavy (non-hydrogen) atoms. The second-order valence-corrected chi connectivity index (χ2v) is 7.75. The first kappa shape index (κ1) is 19.0. The highest BCUT2D eigenvalue weighted by Crippen LogP contribution is 2.31. The summed E-state index contributed by atoms with van der Waals surface area (Å²) in [6, 6.07) is 5.77. The van der Waals surface area contributed by atoms with Gasteiger partial charge in [0.05, 0.1) is 24.5 Å². The van der Waals surface area contributed by atoms with E-state index in [1.165, 1.54) is 22.3 Å². The minimum atomic E-state index is -0.448. The molecule has 9 nitrogen and oxygen atoms in total. The zero-order valence-electron chi connectivity index (χ0n) is 16.8. The molecule has 0 spiro atoms. The number of ether oxygens (including phenoxy) is 1. The number of carbonyl (C=O) groups is 1. The molecule has 0 saturated carbocycles. The van der Waals surface area contributed by atoms with E-state index in [1.807, 2.05) is 6.07 Å². The van der Waals surface area contributed by atoms with Crippen LogP contribution in [-0.4, -0.2) is 63.8 Å². The summed E-state index contributed by atoms with van der Waals surface area (Å²) < 4.78 is 5.56. The Bertz CT molecular complexity index is 1050. The predicted molar refractivity (Wildman–Crippen MR) is 109 cm³/mol. The molecule has 0 bridgehead atoms. The zero-order chi connectivity index (χ0) is 20.5. The van der Waals surface area contributed by atoms with Gasteiger partial charge in [0.1, 0.15) is 11.8 Å². The molecule has 0 radical (unpaired) electrons. The van der Waals surface area contributed by atoms with Crippen molar-refractivity contribution in [2.75, 3.05) is 32.8 Å². The van der Waals surface area contributed by atoms with Gasteiger partial charge in [-0.1, -0.05) is 4.85 Å². The molecule has 1 amide bonds. The monoisotopic (exact) mass is 408 g/mol. The number of aryl methyl sites for hydroxylation is 1. The third-order valence-corrected chi connectivity index (χ3v) is 5.88. The van der Waals surface area contributed by atoms with E-state index in [1.54, 1.807) is 17.3 Å². The highest BCUT2D eigenvalue weighted by Gasteiger charge is 2.31. The van der Waals surface area contributed by atoms with E-state index in [4.69, 9.17) is 9.57 Å². The first-order valence-corrected chi connectivity index (χ1v) is 10.2. The third kappa shape index (κ3) is 3.50. The number of fused-ring (bicyclic) bond motifs is 1. The number of aromatic nitrogens is 4. The average molecular weight is 408 g/mol. The van der Waals surface area contributed by atoms with Crippen LogP contribution in [-0.2, 0) is 4.74 Å². The fraction of sp³-hybridized carbons (Fsp3) is 0.429. The molecule has 2 fully saturated rings. The van der Waals surface area contributed by atoms with Gasteiger partial charge in [0.15, 0.2) is 0 Å². The lowest BCUT2D eigenvalue weighted by molar-refractivity contribution is 0.0615. The number of rotatable bonds is 3. The molecular weight excluding hydrogens is 384 g/mol. The Morgan fingerprint density at radius 3 is 3.10 bits per heavy atom. The van der Waals surface area contributed by atoms with Gasteiger partial charge in [-0.15, -0.1) is 5.10 Å². The van der Waals surface area contributed by atoms with Crippen LogP contribution in [0.25, 0.3) is 10.9 Å². The van der Waals surface area contributed by atoms with Crippen molar-refractivity contribution in [1.82, 2.24) is 30.1 Å². The smallest absolute Gasteiger partial charge is 0.381 e. The largest absolute Gasteiger partial charge is 0.436 e. The van der Waals surface area contributed by atoms with Crippen molar-refractivity contribution in [1.29, 1.82) is 0 Å². The van der Waals surface area contributed by atoms with Gasteiger partial charge < -0.3 is 10.1 Å². The molecule has 2 unspecified atom stereocenters. The molecule has 2 atom stereocenters. The molecule has 2 saturated heterocycles. The summed E-state index contributed by atoms with van der Waals surface area (Å²) in [7, 11) is 0. The summed E-state index contributed by atoms with van der Waals surface area (Å²) in [6.45, 7) is 5.43. The van der Waals surface area contributed by atoms with Crippen LogP contribution in [0.5, 0.6) is 0 Å². The number of hydrogen-bond acceptors (Lipinski definition) is 7. The maximum absolute atomic E-state index is 13.1. The number of piperazine rings is 1. The Morgan fingerprint density at radius 1 is 1.37 bits per heavy atom. The van der Waals surface area contributed by atoms with Gasteiger partial charge in [0, 0.05) is 43.7 Å². The number of hydrogen-bond donors (Lipinski definition) is 1. The lowest BCUT2D eigenvalue weighted by Crippen LogP contribution is -2.51. The van der Waals surface area contributed by atoms with Crippen molar-refractivity contribution in [3.8, 4) is 0 Å². The van der Waals surface area contributed by atoms with Crippen LogP contribution in [0, 0.1) is 6.92 Å². The third-order valence-electron chi connectivity index (χ3n) is 5.88. The summed E-state index contributed by atoms with van der Waals surface area (Å²) in [5, 5.41) is 8.56. The predicted octanol–water partition coefficient (Wildman–Crippen LogP) is 1.83. The average Bonchev–Trinajstić information content (AvgIpc) is 3.44. The van der Waals surface area contributed by atoms with Gasteiger partial charge in [0.25, 0.3) is 0 Å². The molecule has 0 aliphatic carbocycles. The van der Waals surface area contributed by atoms with Crippen LogP contribution in [0.1, 0.15) is 35.2 Å². The Labute approximate surface area is 174 Å². The van der Waals surface area contributed by atoms with Crippen LogP contribution >= 0.6 is 0 Å². The maximum atomic E-state index is 13.1. The van der Waals surface area contributed by atoms with Crippen molar-refractivity contribution in [2.45, 2.75) is 25.3 Å². The molecule has 156 valence electrons. The number of amides is 1. The second-order valence-electron chi connectivity index (χ2n) is 7.75. The quantitative estimate of drug-likeness (QED) is 0.707.